The van der Waals surface area contributed by atoms with Crippen LogP contribution in [0.1, 0.15) is 38.7 Å². The highest BCUT2D eigenvalue weighted by Gasteiger charge is 2.45. The molecule has 1 aliphatic carbocycles. The van der Waals surface area contributed by atoms with Crippen LogP contribution in [0.5, 0.6) is 0 Å². The van der Waals surface area contributed by atoms with E-state index in [1.165, 1.54) is 0 Å². The number of nitrogens with zero attached hydrogens (tertiary/aromatic N) is 1. The largest absolute Gasteiger partial charge is 0.335 e. The van der Waals surface area contributed by atoms with Gasteiger partial charge in [0.15, 0.2) is 0 Å². The molecule has 1 saturated carbocycles. The van der Waals surface area contributed by atoms with Gasteiger partial charge in [0.25, 0.3) is 0 Å². The Morgan fingerprint density at radius 3 is 2.43 bits per heavy atom. The number of hydrogen-bond donors (Lipinski definition) is 1. The minimum absolute atomic E-state index is 0.121. The molecule has 0 aliphatic heterocycles. The summed E-state index contributed by atoms with van der Waals surface area (Å²) in [4.78, 5) is 14.8. The molecule has 0 heterocycles. The first kappa shape index (κ1) is 16.6. The topological polar surface area (TPSA) is 46.3 Å². The third-order valence-electron chi connectivity index (χ3n) is 4.38. The zero-order valence-corrected chi connectivity index (χ0v) is 14.0. The SMILES string of the molecule is CC(C)N(Cc1ccc(Cl)c(Cl)c1)C(=O)C1(CN)CCC1. The van der Waals surface area contributed by atoms with E-state index in [1.807, 2.05) is 30.9 Å². The van der Waals surface area contributed by atoms with Crippen LogP contribution >= 0.6 is 23.2 Å². The van der Waals surface area contributed by atoms with Crippen molar-refractivity contribution in [2.75, 3.05) is 6.54 Å². The molecule has 5 heteroatoms. The molecule has 21 heavy (non-hydrogen) atoms. The molecule has 0 atom stereocenters. The molecule has 0 bridgehead atoms. The zero-order valence-electron chi connectivity index (χ0n) is 12.5. The number of carbonyl (C=O) groups excluding carboxylic acids is 1. The van der Waals surface area contributed by atoms with Crippen LogP contribution in [-0.4, -0.2) is 23.4 Å². The third-order valence-corrected chi connectivity index (χ3v) is 5.12. The molecule has 1 aromatic carbocycles. The molecular weight excluding hydrogens is 307 g/mol. The Labute approximate surface area is 136 Å². The first-order chi connectivity index (χ1) is 9.89. The molecule has 116 valence electrons. The van der Waals surface area contributed by atoms with Gasteiger partial charge in [0.05, 0.1) is 15.5 Å². The van der Waals surface area contributed by atoms with Crippen molar-refractivity contribution in [3.8, 4) is 0 Å². The van der Waals surface area contributed by atoms with Crippen molar-refractivity contribution in [3.63, 3.8) is 0 Å². The van der Waals surface area contributed by atoms with Crippen LogP contribution in [0, 0.1) is 5.41 Å². The molecule has 1 amide bonds. The van der Waals surface area contributed by atoms with Gasteiger partial charge in [-0.15, -0.1) is 0 Å². The predicted octanol–water partition coefficient (Wildman–Crippen LogP) is 3.86. The number of rotatable bonds is 5. The summed E-state index contributed by atoms with van der Waals surface area (Å²) < 4.78 is 0. The van der Waals surface area contributed by atoms with Crippen LogP contribution in [0.3, 0.4) is 0 Å². The molecule has 1 aromatic rings. The minimum Gasteiger partial charge on any atom is -0.335 e. The number of amides is 1. The van der Waals surface area contributed by atoms with Gasteiger partial charge in [-0.3, -0.25) is 4.79 Å². The maximum Gasteiger partial charge on any atom is 0.230 e. The van der Waals surface area contributed by atoms with Gasteiger partial charge in [0, 0.05) is 19.1 Å². The van der Waals surface area contributed by atoms with Gasteiger partial charge >= 0.3 is 0 Å². The van der Waals surface area contributed by atoms with Gasteiger partial charge < -0.3 is 10.6 Å². The van der Waals surface area contributed by atoms with E-state index >= 15 is 0 Å². The van der Waals surface area contributed by atoms with Crippen molar-refractivity contribution >= 4 is 29.1 Å². The fourth-order valence-electron chi connectivity index (χ4n) is 2.74. The van der Waals surface area contributed by atoms with Gasteiger partial charge in [0.1, 0.15) is 0 Å². The summed E-state index contributed by atoms with van der Waals surface area (Å²) >= 11 is 12.0. The highest BCUT2D eigenvalue weighted by Crippen LogP contribution is 2.42. The Morgan fingerprint density at radius 1 is 1.33 bits per heavy atom. The second kappa shape index (κ2) is 6.55. The van der Waals surface area contributed by atoms with Crippen molar-refractivity contribution in [2.24, 2.45) is 11.1 Å². The maximum atomic E-state index is 12.9. The molecule has 3 nitrogen and oxygen atoms in total. The van der Waals surface area contributed by atoms with Gasteiger partial charge in [-0.25, -0.2) is 0 Å². The van der Waals surface area contributed by atoms with E-state index in [0.29, 0.717) is 23.1 Å². The Kier molecular flexibility index (Phi) is 5.18. The van der Waals surface area contributed by atoms with Crippen LogP contribution in [0.25, 0.3) is 0 Å². The van der Waals surface area contributed by atoms with Gasteiger partial charge in [0.2, 0.25) is 5.91 Å². The van der Waals surface area contributed by atoms with Crippen molar-refractivity contribution < 1.29 is 4.79 Å². The molecule has 0 unspecified atom stereocenters. The summed E-state index contributed by atoms with van der Waals surface area (Å²) in [5.74, 6) is 0.164. The summed E-state index contributed by atoms with van der Waals surface area (Å²) in [7, 11) is 0. The quantitative estimate of drug-likeness (QED) is 0.892. The Hall–Kier alpha value is -0.770. The highest BCUT2D eigenvalue weighted by atomic mass is 35.5. The molecule has 0 saturated heterocycles. The maximum absolute atomic E-state index is 12.9. The number of halogens is 2. The molecule has 1 fully saturated rings. The summed E-state index contributed by atoms with van der Waals surface area (Å²) in [6, 6.07) is 5.62. The number of hydrogen-bond acceptors (Lipinski definition) is 2. The normalized spacial score (nSPS) is 16.7. The predicted molar refractivity (Wildman–Crippen MR) is 87.5 cm³/mol. The smallest absolute Gasteiger partial charge is 0.230 e. The van der Waals surface area contributed by atoms with Crippen molar-refractivity contribution in [1.29, 1.82) is 0 Å². The average Bonchev–Trinajstić information content (AvgIpc) is 2.38. The number of benzene rings is 1. The van der Waals surface area contributed by atoms with E-state index in [2.05, 4.69) is 0 Å². The molecule has 1 aliphatic rings. The van der Waals surface area contributed by atoms with Crippen LogP contribution in [0.15, 0.2) is 18.2 Å². The average molecular weight is 329 g/mol. The lowest BCUT2D eigenvalue weighted by molar-refractivity contribution is -0.149. The lowest BCUT2D eigenvalue weighted by Crippen LogP contribution is -2.53. The standard InChI is InChI=1S/C16H22Cl2N2O/c1-11(2)20(15(21)16(10-19)6-3-7-16)9-12-4-5-13(17)14(18)8-12/h4-5,8,11H,3,6-7,9-10,19H2,1-2H3. The van der Waals surface area contributed by atoms with Gasteiger partial charge in [-0.2, -0.15) is 0 Å². The Morgan fingerprint density at radius 2 is 2.00 bits per heavy atom. The lowest BCUT2D eigenvalue weighted by Gasteiger charge is -2.44. The van der Waals surface area contributed by atoms with Crippen LogP contribution < -0.4 is 5.73 Å². The molecule has 0 radical (unpaired) electrons. The van der Waals surface area contributed by atoms with Crippen LogP contribution in [-0.2, 0) is 11.3 Å². The third kappa shape index (κ3) is 3.36. The summed E-state index contributed by atoms with van der Waals surface area (Å²) in [6.45, 7) is 5.02. The summed E-state index contributed by atoms with van der Waals surface area (Å²) in [5.41, 5.74) is 6.50. The van der Waals surface area contributed by atoms with E-state index < -0.39 is 0 Å². The number of nitrogens with two attached hydrogens (primary N) is 1. The fraction of sp³-hybridized carbons (Fsp3) is 0.562. The van der Waals surface area contributed by atoms with E-state index in [4.69, 9.17) is 28.9 Å². The molecular formula is C16H22Cl2N2O. The van der Waals surface area contributed by atoms with E-state index in [-0.39, 0.29) is 17.4 Å². The summed E-state index contributed by atoms with van der Waals surface area (Å²) in [5, 5.41) is 1.04. The lowest BCUT2D eigenvalue weighted by atomic mass is 9.67. The Bertz CT molecular complexity index is 521. The van der Waals surface area contributed by atoms with E-state index in [0.717, 1.165) is 24.8 Å². The number of carbonyl (C=O) groups is 1. The van der Waals surface area contributed by atoms with E-state index in [9.17, 15) is 4.79 Å². The van der Waals surface area contributed by atoms with Crippen molar-refractivity contribution in [2.45, 2.75) is 45.7 Å². The van der Waals surface area contributed by atoms with E-state index in [1.54, 1.807) is 6.07 Å². The van der Waals surface area contributed by atoms with Crippen molar-refractivity contribution in [1.82, 2.24) is 4.90 Å². The molecule has 0 aromatic heterocycles. The first-order valence-electron chi connectivity index (χ1n) is 7.35. The Balaban J connectivity index is 2.19. The van der Waals surface area contributed by atoms with Gasteiger partial charge in [-0.05, 0) is 44.4 Å². The minimum atomic E-state index is -0.347. The monoisotopic (exact) mass is 328 g/mol. The second-order valence-corrected chi connectivity index (χ2v) is 6.93. The summed E-state index contributed by atoms with van der Waals surface area (Å²) in [6.07, 6.45) is 2.88. The first-order valence-corrected chi connectivity index (χ1v) is 8.10. The zero-order chi connectivity index (χ0) is 15.6. The fourth-order valence-corrected chi connectivity index (χ4v) is 3.06. The molecule has 2 N–H and O–H groups in total. The molecule has 2 rings (SSSR count). The van der Waals surface area contributed by atoms with Crippen LogP contribution in [0.4, 0.5) is 0 Å². The van der Waals surface area contributed by atoms with Gasteiger partial charge in [-0.1, -0.05) is 35.7 Å². The van der Waals surface area contributed by atoms with Crippen molar-refractivity contribution in [3.05, 3.63) is 33.8 Å². The highest BCUT2D eigenvalue weighted by molar-refractivity contribution is 6.42. The van der Waals surface area contributed by atoms with Crippen LogP contribution in [0.2, 0.25) is 10.0 Å². The molecule has 0 spiro atoms. The second-order valence-electron chi connectivity index (χ2n) is 6.11.